The molecule has 0 unspecified atom stereocenters. The molecule has 0 aromatic carbocycles. The van der Waals surface area contributed by atoms with E-state index >= 15 is 0 Å². The fourth-order valence-corrected chi connectivity index (χ4v) is 9.46. The first kappa shape index (κ1) is 36.6. The lowest BCUT2D eigenvalue weighted by Crippen LogP contribution is -2.79. The van der Waals surface area contributed by atoms with Gasteiger partial charge in [0.2, 0.25) is 17.6 Å². The number of esters is 4. The number of aliphatic hydroxyl groups excluding tert-OH is 2. The van der Waals surface area contributed by atoms with Crippen LogP contribution in [0.2, 0.25) is 0 Å². The molecule has 5 rings (SSSR count). The minimum Gasteiger partial charge on any atom is -0.467 e. The van der Waals surface area contributed by atoms with Crippen molar-refractivity contribution in [2.45, 2.75) is 109 Å². The maximum Gasteiger partial charge on any atom is 0.348 e. The lowest BCUT2D eigenvalue weighted by molar-refractivity contribution is -0.290. The average Bonchev–Trinajstić information content (AvgIpc) is 3.29. The van der Waals surface area contributed by atoms with Gasteiger partial charge in [-0.25, -0.2) is 14.4 Å². The molecule has 0 aromatic heterocycles. The molecule has 2 heterocycles. The van der Waals surface area contributed by atoms with Crippen molar-refractivity contribution in [1.82, 2.24) is 5.32 Å². The molecule has 1 spiro atoms. The predicted octanol–water partition coefficient (Wildman–Crippen LogP) is 0.134. The number of allylic oxidation sites excluding steroid dienone is 3. The van der Waals surface area contributed by atoms with Gasteiger partial charge in [-0.3, -0.25) is 14.4 Å². The van der Waals surface area contributed by atoms with Gasteiger partial charge in [0.05, 0.1) is 32.2 Å². The molecule has 15 nitrogen and oxygen atoms in total. The van der Waals surface area contributed by atoms with Gasteiger partial charge in [-0.15, -0.1) is 0 Å². The topological polar surface area (TPSA) is 227 Å². The lowest BCUT2D eigenvalue weighted by atomic mass is 9.38. The summed E-state index contributed by atoms with van der Waals surface area (Å²) in [5, 5.41) is 26.4. The number of fused-ring (bicyclic) bond motifs is 2. The number of ether oxygens (including phenoxy) is 5. The average molecular weight is 691 g/mol. The fourth-order valence-electron chi connectivity index (χ4n) is 9.46. The number of nitrogens with two attached hydrogens (primary N) is 1. The van der Waals surface area contributed by atoms with E-state index < -0.39 is 94.3 Å². The zero-order valence-electron chi connectivity index (χ0n) is 28.8. The molecule has 1 amide bonds. The monoisotopic (exact) mass is 690 g/mol. The number of ketones is 1. The number of hydrogen-bond donors (Lipinski definition) is 4. The summed E-state index contributed by atoms with van der Waals surface area (Å²) in [5.41, 5.74) is 1.80. The highest BCUT2D eigenvalue weighted by molar-refractivity contribution is 5.98. The van der Waals surface area contributed by atoms with Crippen molar-refractivity contribution in [3.05, 3.63) is 23.0 Å². The quantitative estimate of drug-likeness (QED) is 0.143. The van der Waals surface area contributed by atoms with Crippen LogP contribution >= 0.6 is 0 Å². The minimum atomic E-state index is -2.29. The van der Waals surface area contributed by atoms with Crippen molar-refractivity contribution in [3.8, 4) is 0 Å². The third kappa shape index (κ3) is 5.68. The van der Waals surface area contributed by atoms with E-state index in [-0.39, 0.29) is 50.0 Å². The summed E-state index contributed by atoms with van der Waals surface area (Å²) in [4.78, 5) is 79.0. The Morgan fingerprint density at radius 1 is 1.12 bits per heavy atom. The first-order valence-electron chi connectivity index (χ1n) is 16.5. The summed E-state index contributed by atoms with van der Waals surface area (Å²) >= 11 is 0. The number of aliphatic hydroxyl groups is 2. The molecule has 5 N–H and O–H groups in total. The van der Waals surface area contributed by atoms with Gasteiger partial charge in [0.1, 0.15) is 12.2 Å². The number of Topliss-reactive ketones (excluding diaryl/α,β-unsaturated/α-hetero) is 1. The molecule has 270 valence electrons. The molecule has 5 aliphatic rings. The second-order valence-corrected chi connectivity index (χ2v) is 14.8. The van der Waals surface area contributed by atoms with E-state index in [0.717, 1.165) is 7.11 Å². The molecule has 49 heavy (non-hydrogen) atoms. The summed E-state index contributed by atoms with van der Waals surface area (Å²) in [6.45, 7) is 9.71. The molecular weight excluding hydrogens is 644 g/mol. The fraction of sp³-hybridized carbons (Fsp3) is 0.706. The van der Waals surface area contributed by atoms with Gasteiger partial charge in [-0.1, -0.05) is 12.5 Å². The third-order valence-electron chi connectivity index (χ3n) is 11.1. The highest BCUT2D eigenvalue weighted by Crippen LogP contribution is 2.72. The molecule has 0 radical (unpaired) electrons. The van der Waals surface area contributed by atoms with E-state index in [2.05, 4.69) is 5.32 Å². The van der Waals surface area contributed by atoms with Crippen molar-refractivity contribution in [2.24, 2.45) is 34.3 Å². The minimum absolute atomic E-state index is 0.0721. The van der Waals surface area contributed by atoms with Crippen LogP contribution in [0, 0.1) is 28.6 Å². The largest absolute Gasteiger partial charge is 0.467 e. The van der Waals surface area contributed by atoms with E-state index in [1.807, 2.05) is 0 Å². The zero-order chi connectivity index (χ0) is 36.4. The number of carbonyl (C=O) groups is 6. The van der Waals surface area contributed by atoms with Crippen molar-refractivity contribution in [3.63, 3.8) is 0 Å². The van der Waals surface area contributed by atoms with E-state index in [0.29, 0.717) is 11.1 Å². The number of nitrogens with one attached hydrogen (secondary N) is 1. The zero-order valence-corrected chi connectivity index (χ0v) is 28.8. The van der Waals surface area contributed by atoms with Crippen LogP contribution in [0.1, 0.15) is 67.2 Å². The van der Waals surface area contributed by atoms with Crippen LogP contribution in [-0.2, 0) is 52.5 Å². The lowest BCUT2D eigenvalue weighted by Gasteiger charge is -2.67. The van der Waals surface area contributed by atoms with Gasteiger partial charge in [-0.05, 0) is 57.9 Å². The van der Waals surface area contributed by atoms with Crippen LogP contribution in [0.3, 0.4) is 0 Å². The Hall–Kier alpha value is -3.66. The Bertz CT molecular complexity index is 1520. The molecule has 12 atom stereocenters. The van der Waals surface area contributed by atoms with Crippen LogP contribution in [0.15, 0.2) is 23.0 Å². The predicted molar refractivity (Wildman–Crippen MR) is 166 cm³/mol. The van der Waals surface area contributed by atoms with E-state index in [9.17, 15) is 39.0 Å². The van der Waals surface area contributed by atoms with Gasteiger partial charge in [0.15, 0.2) is 11.5 Å². The summed E-state index contributed by atoms with van der Waals surface area (Å²) in [7, 11) is 1.07. The van der Waals surface area contributed by atoms with Gasteiger partial charge in [0, 0.05) is 42.3 Å². The third-order valence-corrected chi connectivity index (χ3v) is 11.1. The Kier molecular flexibility index (Phi) is 9.64. The van der Waals surface area contributed by atoms with Crippen molar-refractivity contribution in [2.75, 3.05) is 13.7 Å². The number of rotatable bonds is 9. The molecule has 2 saturated carbocycles. The summed E-state index contributed by atoms with van der Waals surface area (Å²) in [6.07, 6.45) is -5.52. The maximum atomic E-state index is 13.9. The maximum absolute atomic E-state index is 13.9. The van der Waals surface area contributed by atoms with Gasteiger partial charge in [0.25, 0.3) is 0 Å². The highest BCUT2D eigenvalue weighted by atomic mass is 16.6. The molecule has 4 fully saturated rings. The van der Waals surface area contributed by atoms with Crippen LogP contribution in [-0.4, -0.2) is 102 Å². The second kappa shape index (κ2) is 12.9. The Balaban J connectivity index is 1.53. The molecule has 2 aliphatic heterocycles. The summed E-state index contributed by atoms with van der Waals surface area (Å²) < 4.78 is 28.4. The van der Waals surface area contributed by atoms with Gasteiger partial charge in [-0.2, -0.15) is 0 Å². The SMILES string of the molecule is COC(=O)[C@@]12OC[C@]34[C@H]([C@@H](O)[C@@H]1O)[C@@]1(C)CC(=O)C(OC(=O)C[C@H](C)NC(=O)C[C@H](C)N)=C(C)[C@@H]1C[C@H]3OC(=O)[C@H](OC(=O)C=C(C)C)[C@@H]24. The standard InChI is InChI=1S/C34H46N2O13/c1-14(2)8-22(39)49-26-28-33-13-46-34(28,31(44)45-7)29(42)24(41)27(33)32(6)12-19(37)25(17(5)18(32)11-20(33)47-30(26)43)48-23(40)10-16(4)36-21(38)9-15(3)35/h8,15-16,18,20,24,26-29,41-42H,9-13,35H2,1-7H3,(H,36,38)/t15-,16-,18-,20+,24+,26+,27+,28+,29-,32-,33+,34-/m0/s1. The van der Waals surface area contributed by atoms with Crippen molar-refractivity contribution in [1.29, 1.82) is 0 Å². The van der Waals surface area contributed by atoms with Gasteiger partial charge < -0.3 is 44.9 Å². The summed E-state index contributed by atoms with van der Waals surface area (Å²) in [5.74, 6) is -7.68. The molecule has 3 aliphatic carbocycles. The summed E-state index contributed by atoms with van der Waals surface area (Å²) in [6, 6.07) is -0.971. The molecule has 0 aromatic rings. The number of amides is 1. The Labute approximate surface area is 283 Å². The van der Waals surface area contributed by atoms with Crippen LogP contribution < -0.4 is 11.1 Å². The van der Waals surface area contributed by atoms with Crippen LogP contribution in [0.25, 0.3) is 0 Å². The Morgan fingerprint density at radius 3 is 2.41 bits per heavy atom. The van der Waals surface area contributed by atoms with Crippen LogP contribution in [0.5, 0.6) is 0 Å². The number of carbonyl (C=O) groups excluding carboxylic acids is 6. The second-order valence-electron chi connectivity index (χ2n) is 14.8. The molecule has 2 bridgehead atoms. The number of methoxy groups -OCH3 is 1. The van der Waals surface area contributed by atoms with E-state index in [1.54, 1.807) is 41.5 Å². The molecular formula is C34H46N2O13. The van der Waals surface area contributed by atoms with Crippen molar-refractivity contribution >= 4 is 35.6 Å². The number of hydrogen-bond acceptors (Lipinski definition) is 14. The smallest absolute Gasteiger partial charge is 0.348 e. The normalized spacial score (nSPS) is 38.6. The van der Waals surface area contributed by atoms with Crippen molar-refractivity contribution < 1.29 is 62.7 Å². The first-order valence-corrected chi connectivity index (χ1v) is 16.5. The Morgan fingerprint density at radius 2 is 1.80 bits per heavy atom. The molecule has 2 saturated heterocycles. The van der Waals surface area contributed by atoms with Crippen LogP contribution in [0.4, 0.5) is 0 Å². The first-order chi connectivity index (χ1) is 22.8. The van der Waals surface area contributed by atoms with E-state index in [1.165, 1.54) is 6.08 Å². The van der Waals surface area contributed by atoms with Gasteiger partial charge >= 0.3 is 23.9 Å². The highest BCUT2D eigenvalue weighted by Gasteiger charge is 2.85. The van der Waals surface area contributed by atoms with E-state index in [4.69, 9.17) is 29.4 Å². The molecule has 15 heteroatoms.